The number of nitrogens with two attached hydrogens (primary N) is 1. The fraction of sp³-hybridized carbons (Fsp3) is 0.800. The standard InChI is InChI=1S/C20H38N2O3/c1-4-7-9-10-11-12-13-14-15-16-20(21,18(23)22-6-3)19(24)25-17-8-5-2/h6H,3-5,7-17,21H2,1-2H3,(H,22,23). The van der Waals surface area contributed by atoms with Crippen LogP contribution in [0.1, 0.15) is 90.9 Å². The lowest BCUT2D eigenvalue weighted by Crippen LogP contribution is -2.59. The summed E-state index contributed by atoms with van der Waals surface area (Å²) in [7, 11) is 0. The van der Waals surface area contributed by atoms with Gasteiger partial charge in [0.25, 0.3) is 5.91 Å². The van der Waals surface area contributed by atoms with Crippen LogP contribution in [0.4, 0.5) is 0 Å². The van der Waals surface area contributed by atoms with Gasteiger partial charge in [0.2, 0.25) is 0 Å². The van der Waals surface area contributed by atoms with Gasteiger partial charge in [-0.2, -0.15) is 0 Å². The molecule has 1 atom stereocenters. The normalized spacial score (nSPS) is 13.1. The van der Waals surface area contributed by atoms with Crippen LogP contribution < -0.4 is 11.1 Å². The van der Waals surface area contributed by atoms with Crippen molar-refractivity contribution in [2.45, 2.75) is 96.4 Å². The van der Waals surface area contributed by atoms with Crippen molar-refractivity contribution in [2.24, 2.45) is 5.73 Å². The maximum absolute atomic E-state index is 12.3. The molecular formula is C20H38N2O3. The molecule has 0 radical (unpaired) electrons. The first kappa shape index (κ1) is 23.6. The predicted molar refractivity (Wildman–Crippen MR) is 103 cm³/mol. The van der Waals surface area contributed by atoms with E-state index in [-0.39, 0.29) is 0 Å². The van der Waals surface area contributed by atoms with Gasteiger partial charge in [-0.1, -0.05) is 84.6 Å². The van der Waals surface area contributed by atoms with Gasteiger partial charge >= 0.3 is 5.97 Å². The van der Waals surface area contributed by atoms with Crippen LogP contribution in [0, 0.1) is 0 Å². The van der Waals surface area contributed by atoms with E-state index in [0.717, 1.165) is 32.1 Å². The number of unbranched alkanes of at least 4 members (excludes halogenated alkanes) is 9. The van der Waals surface area contributed by atoms with Crippen molar-refractivity contribution >= 4 is 11.9 Å². The van der Waals surface area contributed by atoms with Crippen LogP contribution in [0.15, 0.2) is 12.8 Å². The topological polar surface area (TPSA) is 81.4 Å². The molecule has 0 aliphatic carbocycles. The van der Waals surface area contributed by atoms with E-state index < -0.39 is 17.4 Å². The van der Waals surface area contributed by atoms with Crippen molar-refractivity contribution in [3.05, 3.63) is 12.8 Å². The van der Waals surface area contributed by atoms with E-state index >= 15 is 0 Å². The van der Waals surface area contributed by atoms with Crippen LogP contribution in [0.2, 0.25) is 0 Å². The lowest BCUT2D eigenvalue weighted by molar-refractivity contribution is -0.154. The molecule has 0 bridgehead atoms. The Morgan fingerprint density at radius 1 is 0.960 bits per heavy atom. The van der Waals surface area contributed by atoms with Crippen molar-refractivity contribution in [1.29, 1.82) is 0 Å². The summed E-state index contributed by atoms with van der Waals surface area (Å²) in [4.78, 5) is 24.5. The second kappa shape index (κ2) is 14.9. The predicted octanol–water partition coefficient (Wildman–Crippen LogP) is 4.21. The minimum atomic E-state index is -1.62. The Labute approximate surface area is 153 Å². The van der Waals surface area contributed by atoms with Crippen molar-refractivity contribution in [3.63, 3.8) is 0 Å². The average molecular weight is 355 g/mol. The first-order chi connectivity index (χ1) is 12.0. The molecule has 0 fully saturated rings. The molecule has 0 aromatic heterocycles. The highest BCUT2D eigenvalue weighted by Gasteiger charge is 2.42. The first-order valence-electron chi connectivity index (χ1n) is 9.90. The maximum atomic E-state index is 12.3. The Kier molecular flexibility index (Phi) is 14.1. The van der Waals surface area contributed by atoms with Gasteiger partial charge in [-0.05, 0) is 19.0 Å². The third-order valence-corrected chi connectivity index (χ3v) is 4.41. The zero-order valence-electron chi connectivity index (χ0n) is 16.3. The van der Waals surface area contributed by atoms with Crippen molar-refractivity contribution in [3.8, 4) is 0 Å². The Balaban J connectivity index is 4.24. The highest BCUT2D eigenvalue weighted by molar-refractivity contribution is 6.07. The Morgan fingerprint density at radius 2 is 1.48 bits per heavy atom. The fourth-order valence-corrected chi connectivity index (χ4v) is 2.68. The third-order valence-electron chi connectivity index (χ3n) is 4.41. The molecule has 0 saturated carbocycles. The largest absolute Gasteiger partial charge is 0.464 e. The summed E-state index contributed by atoms with van der Waals surface area (Å²) in [6.45, 7) is 7.99. The van der Waals surface area contributed by atoms with Gasteiger partial charge in [0.15, 0.2) is 5.54 Å². The molecule has 1 unspecified atom stereocenters. The lowest BCUT2D eigenvalue weighted by atomic mass is 9.91. The summed E-state index contributed by atoms with van der Waals surface area (Å²) in [5.74, 6) is -1.18. The highest BCUT2D eigenvalue weighted by atomic mass is 16.5. The van der Waals surface area contributed by atoms with Crippen molar-refractivity contribution in [1.82, 2.24) is 5.32 Å². The number of nitrogens with one attached hydrogen (secondary N) is 1. The molecule has 0 aliphatic heterocycles. The zero-order valence-corrected chi connectivity index (χ0v) is 16.3. The zero-order chi connectivity index (χ0) is 19.0. The average Bonchev–Trinajstić information content (AvgIpc) is 2.60. The number of carbonyl (C=O) groups excluding carboxylic acids is 2. The number of ether oxygens (including phenoxy) is 1. The van der Waals surface area contributed by atoms with E-state index in [0.29, 0.717) is 13.0 Å². The molecule has 0 rings (SSSR count). The quantitative estimate of drug-likeness (QED) is 0.247. The maximum Gasteiger partial charge on any atom is 0.335 e. The van der Waals surface area contributed by atoms with E-state index in [2.05, 4.69) is 18.8 Å². The number of hydrogen-bond donors (Lipinski definition) is 2. The summed E-state index contributed by atoms with van der Waals surface area (Å²) in [6.07, 6.45) is 13.7. The molecule has 25 heavy (non-hydrogen) atoms. The monoisotopic (exact) mass is 354 g/mol. The van der Waals surface area contributed by atoms with E-state index in [1.54, 1.807) is 0 Å². The Bertz CT molecular complexity index is 385. The molecule has 1 amide bonds. The van der Waals surface area contributed by atoms with Crippen LogP contribution in [0.25, 0.3) is 0 Å². The minimum Gasteiger partial charge on any atom is -0.464 e. The fourth-order valence-electron chi connectivity index (χ4n) is 2.68. The molecule has 5 heteroatoms. The number of carbonyl (C=O) groups is 2. The van der Waals surface area contributed by atoms with Gasteiger partial charge in [0.1, 0.15) is 0 Å². The third kappa shape index (κ3) is 10.3. The molecule has 0 aliphatic rings. The molecule has 0 saturated heterocycles. The summed E-state index contributed by atoms with van der Waals surface area (Å²) in [5, 5.41) is 2.44. The summed E-state index contributed by atoms with van der Waals surface area (Å²) in [6, 6.07) is 0. The number of esters is 1. The summed E-state index contributed by atoms with van der Waals surface area (Å²) >= 11 is 0. The van der Waals surface area contributed by atoms with Crippen LogP contribution in [-0.4, -0.2) is 24.0 Å². The minimum absolute atomic E-state index is 0.299. The Morgan fingerprint density at radius 3 is 2.00 bits per heavy atom. The number of rotatable bonds is 16. The molecule has 5 nitrogen and oxygen atoms in total. The van der Waals surface area contributed by atoms with Gasteiger partial charge in [-0.25, -0.2) is 4.79 Å². The van der Waals surface area contributed by atoms with Gasteiger partial charge in [-0.3, -0.25) is 4.79 Å². The molecule has 0 aromatic rings. The van der Waals surface area contributed by atoms with Crippen LogP contribution in [0.3, 0.4) is 0 Å². The van der Waals surface area contributed by atoms with Crippen molar-refractivity contribution in [2.75, 3.05) is 6.61 Å². The van der Waals surface area contributed by atoms with E-state index in [1.165, 1.54) is 44.7 Å². The first-order valence-corrected chi connectivity index (χ1v) is 9.90. The van der Waals surface area contributed by atoms with Crippen LogP contribution in [-0.2, 0) is 14.3 Å². The molecule has 146 valence electrons. The smallest absolute Gasteiger partial charge is 0.335 e. The van der Waals surface area contributed by atoms with E-state index in [9.17, 15) is 9.59 Å². The van der Waals surface area contributed by atoms with Crippen LogP contribution >= 0.6 is 0 Å². The number of hydrogen-bond acceptors (Lipinski definition) is 4. The van der Waals surface area contributed by atoms with Gasteiger partial charge in [0, 0.05) is 0 Å². The summed E-state index contributed by atoms with van der Waals surface area (Å²) in [5.41, 5.74) is 4.49. The van der Waals surface area contributed by atoms with Crippen molar-refractivity contribution < 1.29 is 14.3 Å². The number of amides is 1. The second-order valence-electron chi connectivity index (χ2n) is 6.72. The van der Waals surface area contributed by atoms with Gasteiger partial charge < -0.3 is 15.8 Å². The second-order valence-corrected chi connectivity index (χ2v) is 6.72. The summed E-state index contributed by atoms with van der Waals surface area (Å²) < 4.78 is 5.19. The van der Waals surface area contributed by atoms with Gasteiger partial charge in [-0.15, -0.1) is 0 Å². The molecule has 0 spiro atoms. The SMILES string of the molecule is C=CNC(=O)C(N)(CCCCCCCCCCC)C(=O)OCCCC. The van der Waals surface area contributed by atoms with E-state index in [4.69, 9.17) is 10.5 Å². The van der Waals surface area contributed by atoms with Gasteiger partial charge in [0.05, 0.1) is 6.61 Å². The molecular weight excluding hydrogens is 316 g/mol. The van der Waals surface area contributed by atoms with Crippen LogP contribution in [0.5, 0.6) is 0 Å². The molecule has 3 N–H and O–H groups in total. The highest BCUT2D eigenvalue weighted by Crippen LogP contribution is 2.17. The molecule has 0 heterocycles. The Hall–Kier alpha value is -1.36. The lowest BCUT2D eigenvalue weighted by Gasteiger charge is -2.25. The molecule has 0 aromatic carbocycles. The van der Waals surface area contributed by atoms with E-state index in [1.807, 2.05) is 6.92 Å².